The first-order valence-corrected chi connectivity index (χ1v) is 5.76. The van der Waals surface area contributed by atoms with Crippen LogP contribution in [0.4, 0.5) is 11.5 Å². The zero-order valence-electron chi connectivity index (χ0n) is 10.1. The smallest absolute Gasteiger partial charge is 0.229 e. The maximum Gasteiger partial charge on any atom is 0.229 e. The van der Waals surface area contributed by atoms with Gasteiger partial charge in [-0.05, 0) is 5.56 Å². The fourth-order valence-electron chi connectivity index (χ4n) is 1.98. The van der Waals surface area contributed by atoms with Crippen molar-refractivity contribution in [2.24, 2.45) is 0 Å². The number of nitrogens with two attached hydrogens (primary N) is 2. The van der Waals surface area contributed by atoms with Crippen LogP contribution in [-0.2, 0) is 0 Å². The third-order valence-electron chi connectivity index (χ3n) is 2.87. The average molecular weight is 252 g/mol. The molecule has 0 bridgehead atoms. The standard InChI is InChI=1S/C14H12N4O/c15-12-10(14-17-6-7-19-14)8-18-13(16)11(12)9-4-2-1-3-5-9/h1-8H,(H4,15,16,18). The molecule has 4 N–H and O–H groups in total. The molecule has 0 amide bonds. The molecule has 0 saturated heterocycles. The summed E-state index contributed by atoms with van der Waals surface area (Å²) in [5.41, 5.74) is 14.9. The molecule has 19 heavy (non-hydrogen) atoms. The van der Waals surface area contributed by atoms with Crippen LogP contribution in [0.5, 0.6) is 0 Å². The zero-order chi connectivity index (χ0) is 13.2. The Labute approximate surface area is 109 Å². The van der Waals surface area contributed by atoms with Crippen LogP contribution >= 0.6 is 0 Å². The van der Waals surface area contributed by atoms with Crippen molar-refractivity contribution < 1.29 is 4.42 Å². The predicted octanol–water partition coefficient (Wildman–Crippen LogP) is 2.57. The number of rotatable bonds is 2. The summed E-state index contributed by atoms with van der Waals surface area (Å²) in [6.45, 7) is 0. The van der Waals surface area contributed by atoms with Crippen LogP contribution < -0.4 is 11.5 Å². The van der Waals surface area contributed by atoms with Crippen LogP contribution in [-0.4, -0.2) is 9.97 Å². The van der Waals surface area contributed by atoms with Gasteiger partial charge in [0.05, 0.1) is 17.4 Å². The molecular formula is C14H12N4O. The van der Waals surface area contributed by atoms with E-state index in [4.69, 9.17) is 15.9 Å². The van der Waals surface area contributed by atoms with E-state index in [1.165, 1.54) is 6.26 Å². The van der Waals surface area contributed by atoms with E-state index < -0.39 is 0 Å². The molecule has 1 aromatic carbocycles. The first kappa shape index (κ1) is 11.3. The monoisotopic (exact) mass is 252 g/mol. The van der Waals surface area contributed by atoms with Crippen molar-refractivity contribution in [1.82, 2.24) is 9.97 Å². The van der Waals surface area contributed by atoms with Gasteiger partial charge in [0.2, 0.25) is 5.89 Å². The number of hydrogen-bond acceptors (Lipinski definition) is 5. The Morgan fingerprint density at radius 1 is 1.00 bits per heavy atom. The summed E-state index contributed by atoms with van der Waals surface area (Å²) in [7, 11) is 0. The molecule has 0 aliphatic heterocycles. The maximum atomic E-state index is 6.19. The van der Waals surface area contributed by atoms with Crippen LogP contribution in [0.3, 0.4) is 0 Å². The van der Waals surface area contributed by atoms with E-state index in [0.717, 1.165) is 5.56 Å². The van der Waals surface area contributed by atoms with Gasteiger partial charge in [0.15, 0.2) is 0 Å². The predicted molar refractivity (Wildman–Crippen MR) is 74.0 cm³/mol. The minimum absolute atomic E-state index is 0.388. The van der Waals surface area contributed by atoms with Gasteiger partial charge in [-0.1, -0.05) is 30.3 Å². The lowest BCUT2D eigenvalue weighted by atomic mass is 10.0. The minimum Gasteiger partial charge on any atom is -0.444 e. The van der Waals surface area contributed by atoms with Crippen LogP contribution in [0.15, 0.2) is 53.4 Å². The Kier molecular flexibility index (Phi) is 2.64. The van der Waals surface area contributed by atoms with Crippen molar-refractivity contribution in [3.63, 3.8) is 0 Å². The van der Waals surface area contributed by atoms with Crippen LogP contribution in [0, 0.1) is 0 Å². The normalized spacial score (nSPS) is 10.5. The number of aromatic nitrogens is 2. The molecule has 3 rings (SSSR count). The van der Waals surface area contributed by atoms with E-state index >= 15 is 0 Å². The van der Waals surface area contributed by atoms with Crippen molar-refractivity contribution in [2.75, 3.05) is 11.5 Å². The lowest BCUT2D eigenvalue weighted by molar-refractivity contribution is 0.574. The second-order valence-corrected chi connectivity index (χ2v) is 4.05. The van der Waals surface area contributed by atoms with Crippen LogP contribution in [0.25, 0.3) is 22.6 Å². The van der Waals surface area contributed by atoms with Crippen molar-refractivity contribution in [3.8, 4) is 22.6 Å². The molecular weight excluding hydrogens is 240 g/mol. The number of anilines is 2. The fraction of sp³-hybridized carbons (Fsp3) is 0. The van der Waals surface area contributed by atoms with Gasteiger partial charge in [0.1, 0.15) is 12.1 Å². The molecule has 2 heterocycles. The molecule has 0 unspecified atom stereocenters. The SMILES string of the molecule is Nc1ncc(-c2ncco2)c(N)c1-c1ccccc1. The number of nitrogen functional groups attached to an aromatic ring is 2. The van der Waals surface area contributed by atoms with Gasteiger partial charge in [0, 0.05) is 11.8 Å². The molecule has 3 aromatic rings. The lowest BCUT2D eigenvalue weighted by Gasteiger charge is -2.11. The highest BCUT2D eigenvalue weighted by atomic mass is 16.3. The van der Waals surface area contributed by atoms with Gasteiger partial charge in [-0.3, -0.25) is 0 Å². The summed E-state index contributed by atoms with van der Waals surface area (Å²) in [5, 5.41) is 0. The summed E-state index contributed by atoms with van der Waals surface area (Å²) < 4.78 is 5.26. The summed E-state index contributed by atoms with van der Waals surface area (Å²) in [6, 6.07) is 9.64. The van der Waals surface area contributed by atoms with Crippen molar-refractivity contribution in [2.45, 2.75) is 0 Å². The number of oxazole rings is 1. The minimum atomic E-state index is 0.388. The van der Waals surface area contributed by atoms with Gasteiger partial charge in [-0.25, -0.2) is 9.97 Å². The molecule has 0 saturated carbocycles. The van der Waals surface area contributed by atoms with Gasteiger partial charge in [-0.15, -0.1) is 0 Å². The van der Waals surface area contributed by atoms with Crippen LogP contribution in [0.2, 0.25) is 0 Å². The van der Waals surface area contributed by atoms with Gasteiger partial charge >= 0.3 is 0 Å². The first-order valence-electron chi connectivity index (χ1n) is 5.76. The fourth-order valence-corrected chi connectivity index (χ4v) is 1.98. The van der Waals surface area contributed by atoms with E-state index in [2.05, 4.69) is 9.97 Å². The Hall–Kier alpha value is -2.82. The zero-order valence-corrected chi connectivity index (χ0v) is 10.1. The summed E-state index contributed by atoms with van der Waals surface area (Å²) >= 11 is 0. The van der Waals surface area contributed by atoms with Crippen LogP contribution in [0.1, 0.15) is 0 Å². The lowest BCUT2D eigenvalue weighted by Crippen LogP contribution is -2.01. The Bertz CT molecular complexity index is 693. The van der Waals surface area contributed by atoms with Crippen molar-refractivity contribution in [3.05, 3.63) is 49.0 Å². The maximum absolute atomic E-state index is 6.19. The third-order valence-corrected chi connectivity index (χ3v) is 2.87. The molecule has 5 heteroatoms. The Balaban J connectivity index is 2.23. The first-order chi connectivity index (χ1) is 9.27. The molecule has 2 aromatic heterocycles. The summed E-state index contributed by atoms with van der Waals surface area (Å²) in [5.74, 6) is 0.821. The average Bonchev–Trinajstić information content (AvgIpc) is 2.94. The van der Waals surface area contributed by atoms with E-state index in [1.807, 2.05) is 30.3 Å². The highest BCUT2D eigenvalue weighted by molar-refractivity contribution is 5.91. The number of pyridine rings is 1. The third kappa shape index (κ3) is 1.91. The van der Waals surface area contributed by atoms with Gasteiger partial charge < -0.3 is 15.9 Å². The summed E-state index contributed by atoms with van der Waals surface area (Å²) in [4.78, 5) is 8.25. The number of hydrogen-bond donors (Lipinski definition) is 2. The van der Waals surface area contributed by atoms with E-state index in [1.54, 1.807) is 12.4 Å². The van der Waals surface area contributed by atoms with Gasteiger partial charge in [-0.2, -0.15) is 0 Å². The van der Waals surface area contributed by atoms with Gasteiger partial charge in [0.25, 0.3) is 0 Å². The molecule has 0 atom stereocenters. The molecule has 94 valence electrons. The molecule has 0 spiro atoms. The highest BCUT2D eigenvalue weighted by Gasteiger charge is 2.15. The Morgan fingerprint density at radius 3 is 2.47 bits per heavy atom. The van der Waals surface area contributed by atoms with E-state index in [0.29, 0.717) is 28.5 Å². The Morgan fingerprint density at radius 2 is 1.79 bits per heavy atom. The quantitative estimate of drug-likeness (QED) is 0.731. The van der Waals surface area contributed by atoms with Crippen molar-refractivity contribution in [1.29, 1.82) is 0 Å². The number of nitrogens with zero attached hydrogens (tertiary/aromatic N) is 2. The van der Waals surface area contributed by atoms with Crippen molar-refractivity contribution >= 4 is 11.5 Å². The number of benzene rings is 1. The molecule has 0 radical (unpaired) electrons. The second-order valence-electron chi connectivity index (χ2n) is 4.05. The summed E-state index contributed by atoms with van der Waals surface area (Å²) in [6.07, 6.45) is 4.63. The van der Waals surface area contributed by atoms with E-state index in [9.17, 15) is 0 Å². The van der Waals surface area contributed by atoms with E-state index in [-0.39, 0.29) is 0 Å². The molecule has 0 fully saturated rings. The molecule has 0 aliphatic carbocycles. The highest BCUT2D eigenvalue weighted by Crippen LogP contribution is 2.36. The second kappa shape index (κ2) is 4.45. The topological polar surface area (TPSA) is 91.0 Å². The largest absolute Gasteiger partial charge is 0.444 e. The molecule has 5 nitrogen and oxygen atoms in total. The molecule has 0 aliphatic rings.